The molecule has 0 amide bonds. The topological polar surface area (TPSA) is 11.4 Å². The molecule has 512 valence electrons. The van der Waals surface area contributed by atoms with Gasteiger partial charge < -0.3 is 14.4 Å². The number of para-hydroxylation sites is 2. The van der Waals surface area contributed by atoms with Crippen LogP contribution in [0.25, 0.3) is 38.6 Å². The van der Waals surface area contributed by atoms with E-state index < -0.39 is 24.2 Å². The average molecular weight is 1440 g/mol. The second kappa shape index (κ2) is 27.3. The van der Waals surface area contributed by atoms with Crippen LogP contribution in [0, 0.1) is 0 Å². The van der Waals surface area contributed by atoms with Crippen LogP contribution in [0.15, 0.2) is 449 Å². The van der Waals surface area contributed by atoms with Crippen molar-refractivity contribution in [3.8, 4) is 16.8 Å². The van der Waals surface area contributed by atoms with Crippen molar-refractivity contribution in [3.05, 3.63) is 449 Å². The molecule has 0 atom stereocenters. The summed E-state index contributed by atoms with van der Waals surface area (Å²) in [7, 11) is -9.10. The van der Waals surface area contributed by atoms with Crippen molar-refractivity contribution in [2.75, 3.05) is 9.80 Å². The molecule has 17 aromatic carbocycles. The fourth-order valence-corrected chi connectivity index (χ4v) is 33.2. The van der Waals surface area contributed by atoms with E-state index in [1.165, 1.54) is 101 Å². The van der Waals surface area contributed by atoms with E-state index in [0.29, 0.717) is 0 Å². The zero-order chi connectivity index (χ0) is 72.3. The second-order valence-electron chi connectivity index (χ2n) is 28.9. The molecular formula is C102H74BN3Si3. The van der Waals surface area contributed by atoms with Gasteiger partial charge in [-0.15, -0.1) is 0 Å². The average Bonchev–Trinajstić information content (AvgIpc) is 1.40. The van der Waals surface area contributed by atoms with Crippen LogP contribution in [0.1, 0.15) is 0 Å². The molecule has 0 aliphatic carbocycles. The van der Waals surface area contributed by atoms with E-state index in [9.17, 15) is 0 Å². The molecule has 20 rings (SSSR count). The summed E-state index contributed by atoms with van der Waals surface area (Å²) in [6, 6.07) is 171. The van der Waals surface area contributed by atoms with Gasteiger partial charge in [0.05, 0.1) is 16.7 Å². The molecule has 18 aromatic rings. The SMILES string of the molecule is c1ccc(-c2cccc3c2B2c4cc([Si](c5ccccc5)(c5ccccc5)c5ccccc5)ccc4N(c4ccc([Si](c5ccccc5)(c5ccccc5)c5ccccc5)cc4)c4cc(-n5c6ccccc6c6ccccc65)cc(c42)N3c2ccc([Si](c3ccccc3)(c3ccccc3)c3ccccc3)cc2)cc1. The third kappa shape index (κ3) is 10.4. The van der Waals surface area contributed by atoms with Crippen LogP contribution in [0.3, 0.4) is 0 Å². The summed E-state index contributed by atoms with van der Waals surface area (Å²) < 4.78 is 2.53. The highest BCUT2D eigenvalue weighted by molar-refractivity contribution is 7.21. The molecule has 0 saturated carbocycles. The first-order valence-corrected chi connectivity index (χ1v) is 43.9. The Morgan fingerprint density at radius 3 is 0.844 bits per heavy atom. The van der Waals surface area contributed by atoms with Crippen LogP contribution < -0.4 is 88.4 Å². The molecule has 0 fully saturated rings. The largest absolute Gasteiger partial charge is 0.311 e. The van der Waals surface area contributed by atoms with Crippen molar-refractivity contribution in [2.45, 2.75) is 0 Å². The molecule has 3 heterocycles. The van der Waals surface area contributed by atoms with Crippen molar-refractivity contribution in [1.29, 1.82) is 0 Å². The van der Waals surface area contributed by atoms with Crippen LogP contribution in [0.4, 0.5) is 34.1 Å². The maximum Gasteiger partial charge on any atom is 0.252 e. The summed E-state index contributed by atoms with van der Waals surface area (Å²) in [5, 5.41) is 18.4. The zero-order valence-corrected chi connectivity index (χ0v) is 63.1. The molecule has 2 aliphatic rings. The van der Waals surface area contributed by atoms with Crippen LogP contribution in [0.2, 0.25) is 0 Å². The number of benzene rings is 17. The fourth-order valence-electron chi connectivity index (χ4n) is 18.9. The first kappa shape index (κ1) is 65.4. The molecule has 0 N–H and O–H groups in total. The Hall–Kier alpha value is -13.1. The number of rotatable bonds is 16. The van der Waals surface area contributed by atoms with E-state index in [1.807, 2.05) is 0 Å². The van der Waals surface area contributed by atoms with Crippen molar-refractivity contribution in [3.63, 3.8) is 0 Å². The van der Waals surface area contributed by atoms with E-state index in [0.717, 1.165) is 50.8 Å². The molecule has 7 heteroatoms. The Labute approximate surface area is 641 Å². The predicted molar refractivity (Wildman–Crippen MR) is 471 cm³/mol. The van der Waals surface area contributed by atoms with Gasteiger partial charge in [0.1, 0.15) is 0 Å². The van der Waals surface area contributed by atoms with Gasteiger partial charge in [-0.1, -0.05) is 388 Å². The summed E-state index contributed by atoms with van der Waals surface area (Å²) in [6.45, 7) is -0.276. The maximum atomic E-state index is 2.68. The van der Waals surface area contributed by atoms with Gasteiger partial charge in [-0.25, -0.2) is 0 Å². The number of hydrogen-bond donors (Lipinski definition) is 0. The van der Waals surface area contributed by atoms with Crippen molar-refractivity contribution in [1.82, 2.24) is 4.57 Å². The molecule has 0 unspecified atom stereocenters. The smallest absolute Gasteiger partial charge is 0.252 e. The number of fused-ring (bicyclic) bond motifs is 7. The third-order valence-corrected chi connectivity index (χ3v) is 37.8. The van der Waals surface area contributed by atoms with E-state index in [2.05, 4.69) is 463 Å². The van der Waals surface area contributed by atoms with Gasteiger partial charge in [-0.2, -0.15) is 0 Å². The van der Waals surface area contributed by atoms with Crippen molar-refractivity contribution < 1.29 is 0 Å². The number of hydrogen-bond acceptors (Lipinski definition) is 2. The Morgan fingerprint density at radius 1 is 0.193 bits per heavy atom. The van der Waals surface area contributed by atoms with Gasteiger partial charge in [-0.05, 0) is 150 Å². The Bertz CT molecular complexity index is 5960. The minimum absolute atomic E-state index is 0.276. The minimum Gasteiger partial charge on any atom is -0.311 e. The minimum atomic E-state index is -3.17. The molecule has 1 aromatic heterocycles. The molecule has 0 spiro atoms. The van der Waals surface area contributed by atoms with Gasteiger partial charge in [0, 0.05) is 44.9 Å². The lowest BCUT2D eigenvalue weighted by Gasteiger charge is -2.46. The Kier molecular flexibility index (Phi) is 16.4. The normalized spacial score (nSPS) is 12.5. The number of nitrogens with zero attached hydrogens (tertiary/aromatic N) is 3. The summed E-state index contributed by atoms with van der Waals surface area (Å²) in [4.78, 5) is 5.29. The van der Waals surface area contributed by atoms with E-state index >= 15 is 0 Å². The maximum absolute atomic E-state index is 3.17. The Balaban J connectivity index is 0.914. The first-order chi connectivity index (χ1) is 54.1. The van der Waals surface area contributed by atoms with Crippen LogP contribution in [0.5, 0.6) is 0 Å². The summed E-state index contributed by atoms with van der Waals surface area (Å²) in [5.41, 5.74) is 16.2. The van der Waals surface area contributed by atoms with E-state index in [4.69, 9.17) is 0 Å². The van der Waals surface area contributed by atoms with Crippen LogP contribution >= 0.6 is 0 Å². The molecular weight excluding hydrogens is 1360 g/mol. The molecule has 0 bridgehead atoms. The van der Waals surface area contributed by atoms with Gasteiger partial charge in [0.25, 0.3) is 6.71 Å². The summed E-state index contributed by atoms with van der Waals surface area (Å²) in [6.07, 6.45) is 0. The van der Waals surface area contributed by atoms with Gasteiger partial charge in [0.15, 0.2) is 24.2 Å². The van der Waals surface area contributed by atoms with Crippen LogP contribution in [-0.4, -0.2) is 35.5 Å². The van der Waals surface area contributed by atoms with Crippen molar-refractivity contribution >= 4 is 165 Å². The van der Waals surface area contributed by atoms with E-state index in [-0.39, 0.29) is 6.71 Å². The highest BCUT2D eigenvalue weighted by Crippen LogP contribution is 2.47. The van der Waals surface area contributed by atoms with Crippen LogP contribution in [-0.2, 0) is 0 Å². The lowest BCUT2D eigenvalue weighted by molar-refractivity contribution is 1.16. The third-order valence-electron chi connectivity index (χ3n) is 23.4. The molecule has 109 heavy (non-hydrogen) atoms. The van der Waals surface area contributed by atoms with Gasteiger partial charge >= 0.3 is 0 Å². The fraction of sp³-hybridized carbons (Fsp3) is 0. The van der Waals surface area contributed by atoms with E-state index in [1.54, 1.807) is 0 Å². The van der Waals surface area contributed by atoms with Gasteiger partial charge in [0.2, 0.25) is 0 Å². The molecule has 3 nitrogen and oxygen atoms in total. The monoisotopic (exact) mass is 1440 g/mol. The quantitative estimate of drug-likeness (QED) is 0.0706. The highest BCUT2D eigenvalue weighted by atomic mass is 28.3. The lowest BCUT2D eigenvalue weighted by Crippen LogP contribution is -2.75. The molecule has 2 aliphatic heterocycles. The molecule has 0 radical (unpaired) electrons. The zero-order valence-electron chi connectivity index (χ0n) is 60.1. The van der Waals surface area contributed by atoms with Crippen molar-refractivity contribution in [2.24, 2.45) is 0 Å². The predicted octanol–water partition coefficient (Wildman–Crippen LogP) is 14.7. The number of aromatic nitrogens is 1. The summed E-state index contributed by atoms with van der Waals surface area (Å²) >= 11 is 0. The molecule has 0 saturated heterocycles. The second-order valence-corrected chi connectivity index (χ2v) is 40.3. The standard InChI is InChI=1S/C102H74BN3Si3/c1-11-36-75(37-12-1)91-58-35-61-98-101(91)103-94-74-90(109(85-50-25-8-26-51-85,86-52-27-9-28-53-86)87-54-29-10-30-55-87)70-71-97(94)104(76-62-66-88(67-63-76)107(79-38-13-2-14-39-79,80-40-15-3-16-41-80)81-42-17-4-18-43-81)99-72-78(106-95-59-33-31-56-92(95)93-57-32-34-60-96(93)106)73-100(102(99)103)105(98)77-64-68-89(69-65-77)108(82-44-19-5-20-45-82,83-46-21-6-22-47-83)84-48-23-7-24-49-84/h1-74H. The first-order valence-electron chi connectivity index (χ1n) is 37.9. The lowest BCUT2D eigenvalue weighted by atomic mass is 9.32. The number of anilines is 6. The van der Waals surface area contributed by atoms with Gasteiger partial charge in [-0.3, -0.25) is 0 Å². The Morgan fingerprint density at radius 2 is 0.486 bits per heavy atom. The summed E-state index contributed by atoms with van der Waals surface area (Å²) in [5.74, 6) is 0. The highest BCUT2D eigenvalue weighted by Gasteiger charge is 2.49.